The maximum Gasteiger partial charge on any atom is 0.573 e. The van der Waals surface area contributed by atoms with Gasteiger partial charge < -0.3 is 14.5 Å². The number of amides is 1. The zero-order chi connectivity index (χ0) is 19.6. The van der Waals surface area contributed by atoms with Crippen LogP contribution >= 0.6 is 0 Å². The third-order valence-corrected chi connectivity index (χ3v) is 3.59. The van der Waals surface area contributed by atoms with Crippen molar-refractivity contribution in [3.8, 4) is 17.7 Å². The van der Waals surface area contributed by atoms with Crippen LogP contribution in [0.25, 0.3) is 5.88 Å². The molecule has 0 saturated heterocycles. The Hall–Kier alpha value is -3.67. The fourth-order valence-corrected chi connectivity index (χ4v) is 2.49. The van der Waals surface area contributed by atoms with E-state index in [-0.39, 0.29) is 28.5 Å². The van der Waals surface area contributed by atoms with Crippen molar-refractivity contribution in [1.29, 1.82) is 5.26 Å². The Labute approximate surface area is 151 Å². The number of alkyl halides is 3. The molecule has 0 fully saturated rings. The van der Waals surface area contributed by atoms with Crippen molar-refractivity contribution >= 4 is 11.6 Å². The summed E-state index contributed by atoms with van der Waals surface area (Å²) in [5.74, 6) is -0.577. The summed E-state index contributed by atoms with van der Waals surface area (Å²) in [5.41, 5.74) is 0.344. The van der Waals surface area contributed by atoms with E-state index in [4.69, 9.17) is 4.42 Å². The Kier molecular flexibility index (Phi) is 4.64. The number of nitriles is 1. The van der Waals surface area contributed by atoms with Crippen molar-refractivity contribution in [1.82, 2.24) is 4.57 Å². The molecule has 2 aromatic heterocycles. The summed E-state index contributed by atoms with van der Waals surface area (Å²) in [4.78, 5) is 12.6. The van der Waals surface area contributed by atoms with Gasteiger partial charge in [0.2, 0.25) is 5.88 Å². The normalized spacial score (nSPS) is 11.1. The summed E-state index contributed by atoms with van der Waals surface area (Å²) < 4.78 is 47.4. The van der Waals surface area contributed by atoms with E-state index < -0.39 is 18.0 Å². The fourth-order valence-electron chi connectivity index (χ4n) is 2.49. The summed E-state index contributed by atoms with van der Waals surface area (Å²) >= 11 is 0. The SMILES string of the molecule is Cc1oc(-n2cccc2)c(C#N)c1C(=O)Nc1ccc(OC(F)(F)F)cc1. The highest BCUT2D eigenvalue weighted by atomic mass is 19.4. The second-order valence-corrected chi connectivity index (χ2v) is 5.44. The van der Waals surface area contributed by atoms with Crippen LogP contribution in [-0.4, -0.2) is 16.8 Å². The van der Waals surface area contributed by atoms with Crippen molar-refractivity contribution in [3.63, 3.8) is 0 Å². The van der Waals surface area contributed by atoms with Crippen molar-refractivity contribution < 1.29 is 27.1 Å². The molecule has 0 unspecified atom stereocenters. The number of carbonyl (C=O) groups is 1. The van der Waals surface area contributed by atoms with Crippen LogP contribution in [-0.2, 0) is 0 Å². The zero-order valence-electron chi connectivity index (χ0n) is 13.9. The number of ether oxygens (including phenoxy) is 1. The molecule has 0 saturated carbocycles. The molecule has 6 nitrogen and oxygen atoms in total. The van der Waals surface area contributed by atoms with Crippen LogP contribution in [0.1, 0.15) is 21.7 Å². The zero-order valence-corrected chi connectivity index (χ0v) is 13.9. The number of anilines is 1. The molecule has 3 aromatic rings. The topological polar surface area (TPSA) is 80.2 Å². The smallest absolute Gasteiger partial charge is 0.443 e. The third-order valence-electron chi connectivity index (χ3n) is 3.59. The first-order chi connectivity index (χ1) is 12.8. The van der Waals surface area contributed by atoms with Gasteiger partial charge in [-0.3, -0.25) is 9.36 Å². The first-order valence-corrected chi connectivity index (χ1v) is 7.62. The summed E-state index contributed by atoms with van der Waals surface area (Å²) in [6, 6.07) is 10.1. The van der Waals surface area contributed by atoms with Crippen LogP contribution < -0.4 is 10.1 Å². The molecular weight excluding hydrogens is 363 g/mol. The van der Waals surface area contributed by atoms with Gasteiger partial charge in [-0.1, -0.05) is 0 Å². The number of halogens is 3. The molecule has 27 heavy (non-hydrogen) atoms. The lowest BCUT2D eigenvalue weighted by Gasteiger charge is -2.10. The lowest BCUT2D eigenvalue weighted by Crippen LogP contribution is -2.17. The predicted octanol–water partition coefficient (Wildman–Crippen LogP) is 4.40. The molecule has 1 aromatic carbocycles. The Morgan fingerprint density at radius 2 is 1.85 bits per heavy atom. The maximum atomic E-state index is 12.6. The molecule has 138 valence electrons. The van der Waals surface area contributed by atoms with Gasteiger partial charge in [-0.2, -0.15) is 5.26 Å². The largest absolute Gasteiger partial charge is 0.573 e. The van der Waals surface area contributed by atoms with Crippen LogP contribution in [0.5, 0.6) is 5.75 Å². The van der Waals surface area contributed by atoms with Gasteiger partial charge >= 0.3 is 6.36 Å². The molecule has 3 rings (SSSR count). The van der Waals surface area contributed by atoms with Crippen molar-refractivity contribution in [2.75, 3.05) is 5.32 Å². The third kappa shape index (κ3) is 3.95. The van der Waals surface area contributed by atoms with Gasteiger partial charge in [0.15, 0.2) is 0 Å². The average Bonchev–Trinajstić information content (AvgIpc) is 3.22. The fraction of sp³-hybridized carbons (Fsp3) is 0.111. The number of benzene rings is 1. The minimum absolute atomic E-state index is 0.0526. The number of aryl methyl sites for hydroxylation is 1. The summed E-state index contributed by atoms with van der Waals surface area (Å²) in [5, 5.41) is 12.0. The van der Waals surface area contributed by atoms with E-state index in [2.05, 4.69) is 10.1 Å². The lowest BCUT2D eigenvalue weighted by atomic mass is 10.1. The van der Waals surface area contributed by atoms with Crippen LogP contribution in [0.3, 0.4) is 0 Å². The van der Waals surface area contributed by atoms with E-state index in [0.717, 1.165) is 12.1 Å². The van der Waals surface area contributed by atoms with E-state index in [0.29, 0.717) is 0 Å². The monoisotopic (exact) mass is 375 g/mol. The number of hydrogen-bond donors (Lipinski definition) is 1. The molecule has 0 radical (unpaired) electrons. The standard InChI is InChI=1S/C18H12F3N3O3/c1-11-15(14(10-22)17(26-11)24-8-2-3-9-24)16(25)23-12-4-6-13(7-5-12)27-18(19,20)21/h2-9H,1H3,(H,23,25). The number of nitrogens with one attached hydrogen (secondary N) is 1. The Morgan fingerprint density at radius 1 is 1.22 bits per heavy atom. The molecule has 0 aliphatic heterocycles. The highest BCUT2D eigenvalue weighted by Gasteiger charge is 2.31. The number of rotatable bonds is 4. The van der Waals surface area contributed by atoms with E-state index in [1.165, 1.54) is 12.1 Å². The summed E-state index contributed by atoms with van der Waals surface area (Å²) in [6.45, 7) is 1.54. The van der Waals surface area contributed by atoms with Crippen LogP contribution in [0.4, 0.5) is 18.9 Å². The maximum absolute atomic E-state index is 12.6. The summed E-state index contributed by atoms with van der Waals surface area (Å²) in [6.07, 6.45) is -1.46. The van der Waals surface area contributed by atoms with Crippen molar-refractivity contribution in [2.24, 2.45) is 0 Å². The van der Waals surface area contributed by atoms with Crippen molar-refractivity contribution in [2.45, 2.75) is 13.3 Å². The van der Waals surface area contributed by atoms with Gasteiger partial charge in [-0.05, 0) is 43.3 Å². The number of aromatic nitrogens is 1. The number of carbonyl (C=O) groups excluding carboxylic acids is 1. The van der Waals surface area contributed by atoms with Crippen molar-refractivity contribution in [3.05, 3.63) is 65.7 Å². The van der Waals surface area contributed by atoms with Gasteiger partial charge in [0.05, 0.1) is 0 Å². The van der Waals surface area contributed by atoms with Crippen LogP contribution in [0.15, 0.2) is 53.2 Å². The molecule has 2 heterocycles. The molecule has 0 atom stereocenters. The lowest BCUT2D eigenvalue weighted by molar-refractivity contribution is -0.274. The molecule has 9 heteroatoms. The average molecular weight is 375 g/mol. The van der Waals surface area contributed by atoms with E-state index in [1.807, 2.05) is 6.07 Å². The molecule has 0 spiro atoms. The number of hydrogen-bond acceptors (Lipinski definition) is 4. The molecular formula is C18H12F3N3O3. The Balaban J connectivity index is 1.84. The van der Waals surface area contributed by atoms with Gasteiger partial charge in [-0.25, -0.2) is 0 Å². The molecule has 1 amide bonds. The van der Waals surface area contributed by atoms with Crippen LogP contribution in [0, 0.1) is 18.3 Å². The Morgan fingerprint density at radius 3 is 2.41 bits per heavy atom. The highest BCUT2D eigenvalue weighted by Crippen LogP contribution is 2.27. The summed E-state index contributed by atoms with van der Waals surface area (Å²) in [7, 11) is 0. The second kappa shape index (κ2) is 6.92. The number of nitrogens with zero attached hydrogens (tertiary/aromatic N) is 2. The van der Waals surface area contributed by atoms with E-state index >= 15 is 0 Å². The first kappa shape index (κ1) is 18.1. The molecule has 0 aliphatic rings. The Bertz CT molecular complexity index is 998. The quantitative estimate of drug-likeness (QED) is 0.733. The van der Waals surface area contributed by atoms with E-state index in [1.54, 1.807) is 36.0 Å². The van der Waals surface area contributed by atoms with Crippen LogP contribution in [0.2, 0.25) is 0 Å². The van der Waals surface area contributed by atoms with Gasteiger partial charge in [-0.15, -0.1) is 13.2 Å². The minimum Gasteiger partial charge on any atom is -0.443 e. The molecule has 1 N–H and O–H groups in total. The number of furan rings is 1. The molecule has 0 bridgehead atoms. The second-order valence-electron chi connectivity index (χ2n) is 5.44. The first-order valence-electron chi connectivity index (χ1n) is 7.62. The van der Waals surface area contributed by atoms with Gasteiger partial charge in [0, 0.05) is 18.1 Å². The predicted molar refractivity (Wildman–Crippen MR) is 88.6 cm³/mol. The van der Waals surface area contributed by atoms with E-state index in [9.17, 15) is 23.2 Å². The minimum atomic E-state index is -4.80. The van der Waals surface area contributed by atoms with Gasteiger partial charge in [0.25, 0.3) is 5.91 Å². The molecule has 0 aliphatic carbocycles. The van der Waals surface area contributed by atoms with Gasteiger partial charge in [0.1, 0.15) is 28.7 Å². The highest BCUT2D eigenvalue weighted by molar-refractivity contribution is 6.07.